The van der Waals surface area contributed by atoms with E-state index in [1.807, 2.05) is 27.7 Å². The molecule has 6 heteroatoms. The normalized spacial score (nSPS) is 15.7. The van der Waals surface area contributed by atoms with Gasteiger partial charge in [-0.25, -0.2) is 0 Å². The highest BCUT2D eigenvalue weighted by molar-refractivity contribution is 6.81. The van der Waals surface area contributed by atoms with Gasteiger partial charge in [-0.15, -0.1) is 0 Å². The van der Waals surface area contributed by atoms with E-state index in [0.717, 1.165) is 18.9 Å². The molecule has 1 radical (unpaired) electrons. The summed E-state index contributed by atoms with van der Waals surface area (Å²) in [5.41, 5.74) is 0. The average Bonchev–Trinajstić information content (AvgIpc) is 2.55. The second kappa shape index (κ2) is 10.6. The van der Waals surface area contributed by atoms with Crippen molar-refractivity contribution in [1.82, 2.24) is 0 Å². The molecule has 4 nitrogen and oxygen atoms in total. The van der Waals surface area contributed by atoms with E-state index in [1.54, 1.807) is 0 Å². The van der Waals surface area contributed by atoms with Crippen molar-refractivity contribution in [1.29, 1.82) is 0 Å². The summed E-state index contributed by atoms with van der Waals surface area (Å²) in [5.74, 6) is -0.117. The van der Waals surface area contributed by atoms with Gasteiger partial charge in [0.1, 0.15) is 5.04 Å². The van der Waals surface area contributed by atoms with Crippen molar-refractivity contribution >= 4 is 23.6 Å². The Hall–Kier alpha value is -0.176. The number of rotatable bonds is 11. The molecule has 0 heterocycles. The van der Waals surface area contributed by atoms with E-state index in [0.29, 0.717) is 19.6 Å². The van der Waals surface area contributed by atoms with E-state index in [-0.39, 0.29) is 16.0 Å². The zero-order valence-electron chi connectivity index (χ0n) is 19.9. The molecule has 161 valence electrons. The quantitative estimate of drug-likeness (QED) is 0.355. The Kier molecular flexibility index (Phi) is 10.5. The highest BCUT2D eigenvalue weighted by atomic mass is 28.4. The molecule has 0 amide bonds. The summed E-state index contributed by atoms with van der Waals surface area (Å²) in [7, 11) is -4.21. The summed E-state index contributed by atoms with van der Waals surface area (Å²) >= 11 is 0. The molecule has 27 heavy (non-hydrogen) atoms. The topological polar surface area (TPSA) is 44.8 Å². The van der Waals surface area contributed by atoms with Crippen LogP contribution in [0.15, 0.2) is 0 Å². The summed E-state index contributed by atoms with van der Waals surface area (Å²) < 4.78 is 18.5. The summed E-state index contributed by atoms with van der Waals surface area (Å²) in [6.07, 6.45) is 2.86. The van der Waals surface area contributed by atoms with Crippen molar-refractivity contribution in [2.24, 2.45) is 0 Å². The molecule has 0 aromatic heterocycles. The van der Waals surface area contributed by atoms with E-state index in [1.165, 1.54) is 0 Å². The van der Waals surface area contributed by atoms with Gasteiger partial charge in [0.05, 0.1) is 0 Å². The fourth-order valence-electron chi connectivity index (χ4n) is 3.92. The van der Waals surface area contributed by atoms with Crippen molar-refractivity contribution in [2.75, 3.05) is 13.2 Å². The van der Waals surface area contributed by atoms with Gasteiger partial charge in [0.2, 0.25) is 0 Å². The van der Waals surface area contributed by atoms with Crippen LogP contribution in [0.2, 0.25) is 21.2 Å². The van der Waals surface area contributed by atoms with E-state index >= 15 is 0 Å². The number of hydrogen-bond acceptors (Lipinski definition) is 4. The van der Waals surface area contributed by atoms with Crippen molar-refractivity contribution < 1.29 is 18.1 Å². The highest BCUT2D eigenvalue weighted by Crippen LogP contribution is 2.55. The molecule has 0 bridgehead atoms. The minimum Gasteiger partial charge on any atom is -0.518 e. The van der Waals surface area contributed by atoms with E-state index in [2.05, 4.69) is 48.5 Å². The van der Waals surface area contributed by atoms with Crippen LogP contribution in [-0.4, -0.2) is 36.8 Å². The van der Waals surface area contributed by atoms with Gasteiger partial charge in [-0.3, -0.25) is 4.79 Å². The van der Waals surface area contributed by atoms with Gasteiger partial charge < -0.3 is 13.3 Å². The molecule has 0 saturated carbocycles. The molecule has 0 N–H and O–H groups in total. The van der Waals surface area contributed by atoms with E-state index < -0.39 is 22.6 Å². The largest absolute Gasteiger partial charge is 0.518 e. The fraction of sp³-hybridized carbons (Fsp3) is 0.952. The Morgan fingerprint density at radius 1 is 0.852 bits per heavy atom. The average molecular weight is 418 g/mol. The lowest BCUT2D eigenvalue weighted by Crippen LogP contribution is -2.58. The van der Waals surface area contributed by atoms with E-state index in [4.69, 9.17) is 13.3 Å². The van der Waals surface area contributed by atoms with Crippen molar-refractivity contribution in [3.05, 3.63) is 0 Å². The van der Waals surface area contributed by atoms with Crippen LogP contribution in [0.3, 0.4) is 0 Å². The molecule has 0 rings (SSSR count). The number of hydrogen-bond donors (Lipinski definition) is 0. The van der Waals surface area contributed by atoms with E-state index in [9.17, 15) is 4.79 Å². The van der Waals surface area contributed by atoms with Crippen LogP contribution in [0.4, 0.5) is 0 Å². The van der Waals surface area contributed by atoms with Crippen molar-refractivity contribution in [3.63, 3.8) is 0 Å². The van der Waals surface area contributed by atoms with Gasteiger partial charge in [0, 0.05) is 13.2 Å². The molecule has 0 fully saturated rings. The molecule has 0 aliphatic carbocycles. The zero-order valence-corrected chi connectivity index (χ0v) is 21.9. The van der Waals surface area contributed by atoms with Gasteiger partial charge in [-0.05, 0) is 43.3 Å². The van der Waals surface area contributed by atoms with Crippen LogP contribution in [0.5, 0.6) is 0 Å². The second-order valence-electron chi connectivity index (χ2n) is 9.66. The lowest BCUT2D eigenvalue weighted by Gasteiger charge is -2.51. The summed E-state index contributed by atoms with van der Waals surface area (Å²) in [6.45, 7) is 24.7. The first-order valence-corrected chi connectivity index (χ1v) is 14.1. The Morgan fingerprint density at radius 3 is 1.59 bits per heavy atom. The molecule has 0 saturated heterocycles. The van der Waals surface area contributed by atoms with Crippen LogP contribution < -0.4 is 0 Å². The predicted octanol–water partition coefficient (Wildman–Crippen LogP) is 6.61. The smallest absolute Gasteiger partial charge is 0.402 e. The first-order chi connectivity index (χ1) is 12.3. The third-order valence-electron chi connectivity index (χ3n) is 5.73. The molecular weight excluding hydrogens is 372 g/mol. The first kappa shape index (κ1) is 26.8. The third kappa shape index (κ3) is 6.15. The fourth-order valence-corrected chi connectivity index (χ4v) is 11.6. The van der Waals surface area contributed by atoms with Crippen LogP contribution in [0.1, 0.15) is 95.4 Å². The molecule has 0 aromatic carbocycles. The van der Waals surface area contributed by atoms with Crippen LogP contribution in [-0.2, 0) is 18.1 Å². The Bertz CT molecular complexity index is 434. The number of carbonyl (C=O) groups excluding carboxylic acids is 1. The van der Waals surface area contributed by atoms with Crippen molar-refractivity contribution in [3.8, 4) is 0 Å². The summed E-state index contributed by atoms with van der Waals surface area (Å²) in [4.78, 5) is 13.6. The molecule has 1 atom stereocenters. The maximum absolute atomic E-state index is 13.6. The van der Waals surface area contributed by atoms with Crippen molar-refractivity contribution in [2.45, 2.75) is 117 Å². The maximum atomic E-state index is 13.6. The van der Waals surface area contributed by atoms with Gasteiger partial charge in [0.15, 0.2) is 0 Å². The van der Waals surface area contributed by atoms with Gasteiger partial charge in [-0.2, -0.15) is 0 Å². The van der Waals surface area contributed by atoms with Gasteiger partial charge >= 0.3 is 9.28 Å². The Morgan fingerprint density at radius 2 is 1.30 bits per heavy atom. The number of unbranched alkanes of at least 4 members (excludes halogenated alkanes) is 1. The lowest BCUT2D eigenvalue weighted by molar-refractivity contribution is -0.140. The van der Waals surface area contributed by atoms with Crippen LogP contribution in [0, 0.1) is 0 Å². The lowest BCUT2D eigenvalue weighted by atomic mass is 10.1. The minimum atomic E-state index is -2.44. The zero-order chi connectivity index (χ0) is 21.5. The SMILES string of the molecule is CCCC[Si](OC(=O)C(C)(CC)[Si](OCC)OCC)(C(C)(C)C)C(C)(C)C. The summed E-state index contributed by atoms with van der Waals surface area (Å²) in [5, 5.41) is -0.804. The molecule has 0 aromatic rings. The Labute approximate surface area is 171 Å². The highest BCUT2D eigenvalue weighted by Gasteiger charge is 2.59. The second-order valence-corrected chi connectivity index (χ2v) is 17.3. The summed E-state index contributed by atoms with van der Waals surface area (Å²) in [6, 6.07) is 0.993. The Balaban J connectivity index is 6.09. The minimum absolute atomic E-state index is 0.0468. The molecule has 0 spiro atoms. The molecule has 0 aliphatic heterocycles. The van der Waals surface area contributed by atoms with Crippen LogP contribution >= 0.6 is 0 Å². The van der Waals surface area contributed by atoms with Gasteiger partial charge in [0.25, 0.3) is 14.3 Å². The monoisotopic (exact) mass is 417 g/mol. The molecule has 0 aliphatic rings. The molecule has 1 unspecified atom stereocenters. The first-order valence-electron chi connectivity index (χ1n) is 10.6. The van der Waals surface area contributed by atoms with Gasteiger partial charge in [-0.1, -0.05) is 68.2 Å². The van der Waals surface area contributed by atoms with Crippen LogP contribution in [0.25, 0.3) is 0 Å². The predicted molar refractivity (Wildman–Crippen MR) is 119 cm³/mol. The number of carbonyl (C=O) groups is 1. The third-order valence-corrected chi connectivity index (χ3v) is 14.7. The molecular formula is C21H45O4Si2. The standard InChI is InChI=1S/C21H45O4Si2/c1-12-16-17-27(19(5,6)7,20(8,9)10)25-18(22)21(11,13-2)26(23-14-3)24-15-4/h12-17H2,1-11H3. The maximum Gasteiger partial charge on any atom is 0.402 e.